The summed E-state index contributed by atoms with van der Waals surface area (Å²) in [6, 6.07) is 10.6. The molecule has 0 saturated carbocycles. The Morgan fingerprint density at radius 1 is 1.33 bits per heavy atom. The fourth-order valence-electron chi connectivity index (χ4n) is 2.28. The smallest absolute Gasteiger partial charge is 0.136 e. The van der Waals surface area contributed by atoms with Crippen LogP contribution in [0.15, 0.2) is 52.6 Å². The number of thiophene rings is 1. The van der Waals surface area contributed by atoms with Gasteiger partial charge >= 0.3 is 0 Å². The number of anilines is 1. The Morgan fingerprint density at radius 3 is 2.86 bits per heavy atom. The van der Waals surface area contributed by atoms with E-state index in [1.54, 1.807) is 11.3 Å². The summed E-state index contributed by atoms with van der Waals surface area (Å²) >= 11 is 5.35. The predicted octanol–water partition coefficient (Wildman–Crippen LogP) is 4.75. The topological polar surface area (TPSA) is 29.9 Å². The molecule has 3 rings (SSSR count). The van der Waals surface area contributed by atoms with Crippen LogP contribution >= 0.6 is 27.3 Å². The number of benzene rings is 1. The fraction of sp³-hybridized carbons (Fsp3) is 0.188. The summed E-state index contributed by atoms with van der Waals surface area (Å²) in [6.45, 7) is 2.10. The summed E-state index contributed by atoms with van der Waals surface area (Å²) in [5, 5.41) is 5.71. The van der Waals surface area contributed by atoms with Crippen LogP contribution in [0.5, 0.6) is 0 Å². The lowest BCUT2D eigenvalue weighted by molar-refractivity contribution is 0.756. The van der Waals surface area contributed by atoms with Crippen molar-refractivity contribution in [1.29, 1.82) is 0 Å². The Morgan fingerprint density at radius 2 is 2.19 bits per heavy atom. The molecule has 1 N–H and O–H groups in total. The van der Waals surface area contributed by atoms with Crippen LogP contribution < -0.4 is 5.32 Å². The second-order valence-corrected chi connectivity index (χ2v) is 6.81. The number of imidazole rings is 1. The van der Waals surface area contributed by atoms with Gasteiger partial charge in [0.15, 0.2) is 0 Å². The molecule has 21 heavy (non-hydrogen) atoms. The lowest BCUT2D eigenvalue weighted by atomic mass is 10.1. The minimum absolute atomic E-state index is 0.0445. The first-order valence-electron chi connectivity index (χ1n) is 6.68. The molecule has 2 aromatic heterocycles. The summed E-state index contributed by atoms with van der Waals surface area (Å²) in [5.41, 5.74) is 2.31. The lowest BCUT2D eigenvalue weighted by Gasteiger charge is -2.20. The minimum Gasteiger partial charge on any atom is -0.370 e. The van der Waals surface area contributed by atoms with Gasteiger partial charge in [0.25, 0.3) is 0 Å². The van der Waals surface area contributed by atoms with Crippen molar-refractivity contribution in [2.75, 3.05) is 5.32 Å². The van der Waals surface area contributed by atoms with Gasteiger partial charge in [0.05, 0.1) is 0 Å². The maximum absolute atomic E-state index is 4.51. The van der Waals surface area contributed by atoms with Crippen molar-refractivity contribution in [1.82, 2.24) is 9.55 Å². The average molecular weight is 362 g/mol. The van der Waals surface area contributed by atoms with E-state index in [1.165, 1.54) is 10.4 Å². The van der Waals surface area contributed by atoms with Crippen LogP contribution in [0.1, 0.15) is 22.3 Å². The first-order chi connectivity index (χ1) is 10.1. The maximum Gasteiger partial charge on any atom is 0.136 e. The Balaban J connectivity index is 2.01. The molecule has 1 atom stereocenters. The molecule has 1 aromatic carbocycles. The van der Waals surface area contributed by atoms with E-state index in [4.69, 9.17) is 0 Å². The second-order valence-electron chi connectivity index (χ2n) is 4.97. The highest BCUT2D eigenvalue weighted by Crippen LogP contribution is 2.32. The highest BCUT2D eigenvalue weighted by atomic mass is 79.9. The van der Waals surface area contributed by atoms with E-state index < -0.39 is 0 Å². The van der Waals surface area contributed by atoms with Gasteiger partial charge in [-0.2, -0.15) is 0 Å². The minimum atomic E-state index is 0.0445. The largest absolute Gasteiger partial charge is 0.370 e. The number of rotatable bonds is 4. The van der Waals surface area contributed by atoms with E-state index in [1.807, 2.05) is 19.4 Å². The molecule has 5 heteroatoms. The van der Waals surface area contributed by atoms with Crippen molar-refractivity contribution in [3.05, 3.63) is 68.8 Å². The highest BCUT2D eigenvalue weighted by molar-refractivity contribution is 9.10. The molecule has 0 aliphatic carbocycles. The molecule has 0 aliphatic heterocycles. The monoisotopic (exact) mass is 361 g/mol. The molecule has 0 radical (unpaired) electrons. The van der Waals surface area contributed by atoms with Crippen molar-refractivity contribution < 1.29 is 0 Å². The van der Waals surface area contributed by atoms with Crippen molar-refractivity contribution in [2.24, 2.45) is 7.05 Å². The van der Waals surface area contributed by atoms with E-state index in [0.29, 0.717) is 0 Å². The van der Waals surface area contributed by atoms with Gasteiger partial charge in [-0.1, -0.05) is 12.1 Å². The molecule has 0 saturated heterocycles. The lowest BCUT2D eigenvalue weighted by Crippen LogP contribution is -2.16. The molecular formula is C16H16BrN3S. The van der Waals surface area contributed by atoms with Gasteiger partial charge in [-0.15, -0.1) is 11.3 Å². The summed E-state index contributed by atoms with van der Waals surface area (Å²) in [6.07, 6.45) is 3.81. The molecule has 0 fully saturated rings. The number of hydrogen-bond donors (Lipinski definition) is 1. The second kappa shape index (κ2) is 6.03. The van der Waals surface area contributed by atoms with E-state index in [2.05, 4.69) is 73.4 Å². The quantitative estimate of drug-likeness (QED) is 0.726. The van der Waals surface area contributed by atoms with Crippen LogP contribution in [-0.2, 0) is 7.05 Å². The third kappa shape index (κ3) is 3.04. The predicted molar refractivity (Wildman–Crippen MR) is 91.9 cm³/mol. The van der Waals surface area contributed by atoms with Gasteiger partial charge in [-0.25, -0.2) is 4.98 Å². The van der Waals surface area contributed by atoms with Gasteiger partial charge in [-0.05, 0) is 52.0 Å². The molecule has 0 aliphatic rings. The molecule has 108 valence electrons. The van der Waals surface area contributed by atoms with E-state index in [-0.39, 0.29) is 6.04 Å². The third-order valence-corrected chi connectivity index (χ3v) is 4.99. The summed E-state index contributed by atoms with van der Waals surface area (Å²) in [5.74, 6) is 1.01. The number of hydrogen-bond acceptors (Lipinski definition) is 3. The van der Waals surface area contributed by atoms with Crippen molar-refractivity contribution in [2.45, 2.75) is 13.0 Å². The summed E-state index contributed by atoms with van der Waals surface area (Å²) in [4.78, 5) is 5.76. The Hall–Kier alpha value is -1.59. The Bertz CT molecular complexity index is 734. The van der Waals surface area contributed by atoms with Gasteiger partial charge in [0.2, 0.25) is 0 Å². The van der Waals surface area contributed by atoms with Crippen molar-refractivity contribution in [3.63, 3.8) is 0 Å². The zero-order valence-electron chi connectivity index (χ0n) is 11.9. The zero-order valence-corrected chi connectivity index (χ0v) is 14.3. The van der Waals surface area contributed by atoms with Crippen LogP contribution in [0.2, 0.25) is 0 Å². The molecule has 0 amide bonds. The molecular weight excluding hydrogens is 346 g/mol. The van der Waals surface area contributed by atoms with E-state index in [9.17, 15) is 0 Å². The van der Waals surface area contributed by atoms with Crippen LogP contribution in [0.3, 0.4) is 0 Å². The summed E-state index contributed by atoms with van der Waals surface area (Å²) < 4.78 is 3.12. The van der Waals surface area contributed by atoms with Gasteiger partial charge in [-0.3, -0.25) is 0 Å². The first-order valence-corrected chi connectivity index (χ1v) is 8.36. The Labute approximate surface area is 136 Å². The standard InChI is InChI=1S/C16H16BrN3S/c1-11-5-6-12(17)13(10-11)19-15(14-4-3-9-21-14)16-18-7-8-20(16)2/h3-10,15,19H,1-2H3. The van der Waals surface area contributed by atoms with Gasteiger partial charge < -0.3 is 9.88 Å². The number of nitrogens with one attached hydrogen (secondary N) is 1. The Kier molecular flexibility index (Phi) is 4.12. The first kappa shape index (κ1) is 14.4. The van der Waals surface area contributed by atoms with Crippen LogP contribution in [0, 0.1) is 6.92 Å². The molecule has 3 aromatic rings. The maximum atomic E-state index is 4.51. The number of aryl methyl sites for hydroxylation is 2. The van der Waals surface area contributed by atoms with E-state index in [0.717, 1.165) is 16.0 Å². The molecule has 2 heterocycles. The molecule has 0 spiro atoms. The highest BCUT2D eigenvalue weighted by Gasteiger charge is 2.20. The van der Waals surface area contributed by atoms with E-state index >= 15 is 0 Å². The van der Waals surface area contributed by atoms with Crippen LogP contribution in [0.4, 0.5) is 5.69 Å². The summed E-state index contributed by atoms with van der Waals surface area (Å²) in [7, 11) is 2.02. The fourth-order valence-corrected chi connectivity index (χ4v) is 3.41. The molecule has 0 bridgehead atoms. The average Bonchev–Trinajstić information content (AvgIpc) is 3.11. The number of nitrogens with zero attached hydrogens (tertiary/aromatic N) is 2. The van der Waals surface area contributed by atoms with Gasteiger partial charge in [0.1, 0.15) is 11.9 Å². The molecule has 3 nitrogen and oxygen atoms in total. The third-order valence-electron chi connectivity index (χ3n) is 3.37. The number of aromatic nitrogens is 2. The van der Waals surface area contributed by atoms with Crippen LogP contribution in [0.25, 0.3) is 0 Å². The van der Waals surface area contributed by atoms with Crippen molar-refractivity contribution >= 4 is 33.0 Å². The van der Waals surface area contributed by atoms with Crippen molar-refractivity contribution in [3.8, 4) is 0 Å². The normalized spacial score (nSPS) is 12.3. The SMILES string of the molecule is Cc1ccc(Br)c(NC(c2cccs2)c2nccn2C)c1. The van der Waals surface area contributed by atoms with Crippen LogP contribution in [-0.4, -0.2) is 9.55 Å². The zero-order chi connectivity index (χ0) is 14.8. The number of halogens is 1. The van der Waals surface area contributed by atoms with Gasteiger partial charge in [0, 0.05) is 34.5 Å². The molecule has 1 unspecified atom stereocenters.